The van der Waals surface area contributed by atoms with Gasteiger partial charge < -0.3 is 10.4 Å². The van der Waals surface area contributed by atoms with Gasteiger partial charge in [-0.2, -0.15) is 0 Å². The molecule has 0 unspecified atom stereocenters. The summed E-state index contributed by atoms with van der Waals surface area (Å²) >= 11 is 7.27. The predicted octanol–water partition coefficient (Wildman–Crippen LogP) is 3.00. The van der Waals surface area contributed by atoms with Crippen molar-refractivity contribution in [3.05, 3.63) is 51.2 Å². The molecule has 0 aliphatic rings. The van der Waals surface area contributed by atoms with Crippen LogP contribution in [0.5, 0.6) is 0 Å². The zero-order valence-electron chi connectivity index (χ0n) is 9.81. The normalized spacial score (nSPS) is 9.58. The minimum Gasteiger partial charge on any atom is -0.384 e. The van der Waals surface area contributed by atoms with Crippen LogP contribution in [0, 0.1) is 11.8 Å². The van der Waals surface area contributed by atoms with Gasteiger partial charge in [0.2, 0.25) is 0 Å². The van der Waals surface area contributed by atoms with Crippen LogP contribution in [0.4, 0.5) is 5.69 Å². The van der Waals surface area contributed by atoms with Crippen molar-refractivity contribution in [1.82, 2.24) is 0 Å². The molecule has 1 heterocycles. The van der Waals surface area contributed by atoms with Crippen LogP contribution in [0.25, 0.3) is 0 Å². The number of anilines is 1. The van der Waals surface area contributed by atoms with E-state index in [0.29, 0.717) is 21.2 Å². The smallest absolute Gasteiger partial charge is 0.265 e. The van der Waals surface area contributed by atoms with Gasteiger partial charge in [-0.3, -0.25) is 4.79 Å². The van der Waals surface area contributed by atoms with Crippen LogP contribution in [0.1, 0.15) is 15.2 Å². The van der Waals surface area contributed by atoms with Gasteiger partial charge in [-0.1, -0.05) is 29.5 Å². The van der Waals surface area contributed by atoms with Gasteiger partial charge in [0.15, 0.2) is 0 Å². The summed E-state index contributed by atoms with van der Waals surface area (Å²) in [4.78, 5) is 12.6. The molecule has 0 saturated carbocycles. The highest BCUT2D eigenvalue weighted by atomic mass is 35.5. The molecule has 1 amide bonds. The van der Waals surface area contributed by atoms with E-state index in [9.17, 15) is 4.79 Å². The van der Waals surface area contributed by atoms with Crippen LogP contribution in [0.3, 0.4) is 0 Å². The Hall–Kier alpha value is -1.80. The molecule has 0 bridgehead atoms. The maximum Gasteiger partial charge on any atom is 0.265 e. The second-order valence-electron chi connectivity index (χ2n) is 3.58. The molecule has 96 valence electrons. The van der Waals surface area contributed by atoms with Gasteiger partial charge in [0.1, 0.15) is 6.61 Å². The van der Waals surface area contributed by atoms with Crippen LogP contribution in [0.15, 0.2) is 35.7 Å². The highest BCUT2D eigenvalue weighted by Gasteiger charge is 2.09. The van der Waals surface area contributed by atoms with Crippen molar-refractivity contribution in [1.29, 1.82) is 0 Å². The number of hydrogen-bond donors (Lipinski definition) is 2. The molecule has 2 N–H and O–H groups in total. The second-order valence-corrected chi connectivity index (χ2v) is 4.97. The summed E-state index contributed by atoms with van der Waals surface area (Å²) in [7, 11) is 0. The Labute approximate surface area is 119 Å². The summed E-state index contributed by atoms with van der Waals surface area (Å²) in [5.74, 6) is 5.11. The van der Waals surface area contributed by atoms with E-state index in [0.717, 1.165) is 0 Å². The quantitative estimate of drug-likeness (QED) is 0.836. The lowest BCUT2D eigenvalue weighted by molar-refractivity contribution is 0.103. The van der Waals surface area contributed by atoms with E-state index < -0.39 is 0 Å². The SMILES string of the molecule is O=C(Nc1cc(Cl)ccc1C#CCO)c1cccs1. The largest absolute Gasteiger partial charge is 0.384 e. The number of halogens is 1. The van der Waals surface area contributed by atoms with Crippen molar-refractivity contribution >= 4 is 34.5 Å². The molecule has 0 saturated heterocycles. The standard InChI is InChI=1S/C14H10ClNO2S/c15-11-6-5-10(3-1-7-17)12(9-11)16-14(18)13-4-2-8-19-13/h2,4-6,8-9,17H,7H2,(H,16,18). The average Bonchev–Trinajstić information content (AvgIpc) is 2.92. The Morgan fingerprint density at radius 2 is 2.26 bits per heavy atom. The van der Waals surface area contributed by atoms with Crippen LogP contribution < -0.4 is 5.32 Å². The monoisotopic (exact) mass is 291 g/mol. The number of carbonyl (C=O) groups is 1. The summed E-state index contributed by atoms with van der Waals surface area (Å²) in [5, 5.41) is 13.8. The van der Waals surface area contributed by atoms with E-state index in [1.807, 2.05) is 11.4 Å². The lowest BCUT2D eigenvalue weighted by Crippen LogP contribution is -2.11. The zero-order valence-corrected chi connectivity index (χ0v) is 11.4. The first-order chi connectivity index (χ1) is 9.20. The van der Waals surface area contributed by atoms with Crippen molar-refractivity contribution < 1.29 is 9.90 Å². The number of nitrogens with one attached hydrogen (secondary N) is 1. The van der Waals surface area contributed by atoms with Crippen molar-refractivity contribution in [2.45, 2.75) is 0 Å². The molecule has 0 aliphatic heterocycles. The van der Waals surface area contributed by atoms with Crippen LogP contribution in [-0.4, -0.2) is 17.6 Å². The van der Waals surface area contributed by atoms with Gasteiger partial charge in [0.25, 0.3) is 5.91 Å². The number of hydrogen-bond acceptors (Lipinski definition) is 3. The van der Waals surface area contributed by atoms with E-state index in [4.69, 9.17) is 16.7 Å². The topological polar surface area (TPSA) is 49.3 Å². The van der Waals surface area contributed by atoms with Crippen LogP contribution >= 0.6 is 22.9 Å². The summed E-state index contributed by atoms with van der Waals surface area (Å²) in [5.41, 5.74) is 1.15. The van der Waals surface area contributed by atoms with Gasteiger partial charge in [-0.15, -0.1) is 11.3 Å². The highest BCUT2D eigenvalue weighted by Crippen LogP contribution is 2.21. The number of aliphatic hydroxyl groups is 1. The summed E-state index contributed by atoms with van der Waals surface area (Å²) in [6, 6.07) is 8.57. The Bertz CT molecular complexity index is 641. The van der Waals surface area contributed by atoms with Crippen molar-refractivity contribution in [3.8, 4) is 11.8 Å². The summed E-state index contributed by atoms with van der Waals surface area (Å²) in [6.07, 6.45) is 0. The maximum absolute atomic E-state index is 12.0. The fourth-order valence-electron chi connectivity index (χ4n) is 1.46. The molecule has 3 nitrogen and oxygen atoms in total. The molecule has 0 aliphatic carbocycles. The van der Waals surface area contributed by atoms with Crippen molar-refractivity contribution in [2.24, 2.45) is 0 Å². The maximum atomic E-state index is 12.0. The molecule has 0 spiro atoms. The van der Waals surface area contributed by atoms with Gasteiger partial charge in [-0.05, 0) is 29.6 Å². The third kappa shape index (κ3) is 3.58. The average molecular weight is 292 g/mol. The number of carbonyl (C=O) groups excluding carboxylic acids is 1. The Balaban J connectivity index is 2.28. The third-order valence-electron chi connectivity index (χ3n) is 2.28. The first kappa shape index (κ1) is 13.6. The Morgan fingerprint density at radius 1 is 1.42 bits per heavy atom. The van der Waals surface area contributed by atoms with Crippen LogP contribution in [0.2, 0.25) is 5.02 Å². The van der Waals surface area contributed by atoms with Crippen molar-refractivity contribution in [2.75, 3.05) is 11.9 Å². The fourth-order valence-corrected chi connectivity index (χ4v) is 2.25. The molecular formula is C14H10ClNO2S. The molecular weight excluding hydrogens is 282 g/mol. The molecule has 1 aromatic carbocycles. The number of thiophene rings is 1. The number of benzene rings is 1. The fraction of sp³-hybridized carbons (Fsp3) is 0.0714. The third-order valence-corrected chi connectivity index (χ3v) is 3.38. The van der Waals surface area contributed by atoms with Gasteiger partial charge in [-0.25, -0.2) is 0 Å². The molecule has 0 atom stereocenters. The lowest BCUT2D eigenvalue weighted by Gasteiger charge is -2.07. The molecule has 0 fully saturated rings. The van der Waals surface area contributed by atoms with Crippen LogP contribution in [-0.2, 0) is 0 Å². The molecule has 2 rings (SSSR count). The van der Waals surface area contributed by atoms with E-state index in [1.165, 1.54) is 11.3 Å². The number of aliphatic hydroxyl groups excluding tert-OH is 1. The van der Waals surface area contributed by atoms with E-state index in [2.05, 4.69) is 17.2 Å². The van der Waals surface area contributed by atoms with Gasteiger partial charge >= 0.3 is 0 Å². The molecule has 2 aromatic rings. The minimum atomic E-state index is -0.235. The summed E-state index contributed by atoms with van der Waals surface area (Å²) < 4.78 is 0. The number of rotatable bonds is 2. The molecule has 1 aromatic heterocycles. The molecule has 19 heavy (non-hydrogen) atoms. The van der Waals surface area contributed by atoms with E-state index >= 15 is 0 Å². The number of amides is 1. The van der Waals surface area contributed by atoms with Crippen molar-refractivity contribution in [3.63, 3.8) is 0 Å². The van der Waals surface area contributed by atoms with Gasteiger partial charge in [0.05, 0.1) is 10.6 Å². The Kier molecular flexibility index (Phi) is 4.58. The second kappa shape index (κ2) is 6.39. The molecule has 0 radical (unpaired) electrons. The predicted molar refractivity (Wildman–Crippen MR) is 77.7 cm³/mol. The van der Waals surface area contributed by atoms with Gasteiger partial charge in [0, 0.05) is 10.6 Å². The first-order valence-electron chi connectivity index (χ1n) is 5.45. The lowest BCUT2D eigenvalue weighted by atomic mass is 10.2. The highest BCUT2D eigenvalue weighted by molar-refractivity contribution is 7.12. The summed E-state index contributed by atoms with van der Waals surface area (Å²) in [6.45, 7) is -0.235. The van der Waals surface area contributed by atoms with E-state index in [1.54, 1.807) is 24.3 Å². The first-order valence-corrected chi connectivity index (χ1v) is 6.70. The minimum absolute atomic E-state index is 0.204. The molecule has 5 heteroatoms. The van der Waals surface area contributed by atoms with E-state index in [-0.39, 0.29) is 12.5 Å². The Morgan fingerprint density at radius 3 is 2.95 bits per heavy atom. The zero-order chi connectivity index (χ0) is 13.7.